The molecule has 30 heavy (non-hydrogen) atoms. The van der Waals surface area contributed by atoms with E-state index in [4.69, 9.17) is 0 Å². The average Bonchev–Trinajstić information content (AvgIpc) is 3.37. The first-order chi connectivity index (χ1) is 14.5. The Morgan fingerprint density at radius 1 is 1.07 bits per heavy atom. The van der Waals surface area contributed by atoms with Gasteiger partial charge in [0.2, 0.25) is 11.8 Å². The van der Waals surface area contributed by atoms with Crippen molar-refractivity contribution in [2.24, 2.45) is 5.92 Å². The summed E-state index contributed by atoms with van der Waals surface area (Å²) in [6.07, 6.45) is 1.92. The molecule has 4 rings (SSSR count). The second kappa shape index (κ2) is 8.36. The number of rotatable bonds is 6. The molecule has 8 heteroatoms. The molecule has 0 radical (unpaired) electrons. The molecule has 7 nitrogen and oxygen atoms in total. The number of hydrogen-bond donors (Lipinski definition) is 3. The first-order valence-corrected chi connectivity index (χ1v) is 9.70. The van der Waals surface area contributed by atoms with E-state index in [1.165, 1.54) is 29.2 Å². The Kier molecular flexibility index (Phi) is 5.47. The summed E-state index contributed by atoms with van der Waals surface area (Å²) in [6.45, 7) is 0.783. The lowest BCUT2D eigenvalue weighted by molar-refractivity contribution is -0.126. The second-order valence-electron chi connectivity index (χ2n) is 7.21. The number of anilines is 1. The number of aromatic nitrogens is 1. The summed E-state index contributed by atoms with van der Waals surface area (Å²) in [6, 6.07) is 12.9. The van der Waals surface area contributed by atoms with Crippen LogP contribution < -0.4 is 15.5 Å². The van der Waals surface area contributed by atoms with Gasteiger partial charge in [-0.1, -0.05) is 6.07 Å². The number of carbonyl (C=O) groups excluding carboxylic acids is 3. The van der Waals surface area contributed by atoms with E-state index in [-0.39, 0.29) is 49.6 Å². The van der Waals surface area contributed by atoms with Gasteiger partial charge in [0.15, 0.2) is 0 Å². The smallest absolute Gasteiger partial charge is 0.251 e. The van der Waals surface area contributed by atoms with E-state index in [1.807, 2.05) is 18.3 Å². The molecule has 0 unspecified atom stereocenters. The molecule has 0 bridgehead atoms. The second-order valence-corrected chi connectivity index (χ2v) is 7.21. The van der Waals surface area contributed by atoms with Crippen molar-refractivity contribution >= 4 is 34.3 Å². The Balaban J connectivity index is 1.24. The standard InChI is InChI=1S/C22H21FN4O3/c23-17-3-5-18(6-4-17)27-13-16(12-20(27)28)22(30)26-10-9-25-21(29)15-2-1-14-7-8-24-19(14)11-15/h1-8,11,16,24H,9-10,12-13H2,(H,25,29)(H,26,30)/t16-/m1/s1. The molecule has 1 aliphatic rings. The molecule has 1 saturated heterocycles. The van der Waals surface area contributed by atoms with Crippen LogP contribution in [0.2, 0.25) is 0 Å². The maximum absolute atomic E-state index is 13.1. The zero-order valence-corrected chi connectivity index (χ0v) is 16.2. The molecule has 3 amide bonds. The van der Waals surface area contributed by atoms with Crippen LogP contribution in [-0.4, -0.2) is 42.3 Å². The minimum atomic E-state index is -0.478. The maximum Gasteiger partial charge on any atom is 0.251 e. The summed E-state index contributed by atoms with van der Waals surface area (Å²) in [7, 11) is 0. The first kappa shape index (κ1) is 19.6. The van der Waals surface area contributed by atoms with Crippen molar-refractivity contribution in [2.75, 3.05) is 24.5 Å². The Hall–Kier alpha value is -3.68. The maximum atomic E-state index is 13.1. The normalized spacial score (nSPS) is 16.1. The highest BCUT2D eigenvalue weighted by Crippen LogP contribution is 2.25. The van der Waals surface area contributed by atoms with Crippen molar-refractivity contribution in [1.82, 2.24) is 15.6 Å². The highest BCUT2D eigenvalue weighted by atomic mass is 19.1. The van der Waals surface area contributed by atoms with E-state index in [1.54, 1.807) is 12.1 Å². The van der Waals surface area contributed by atoms with Crippen LogP contribution in [0.3, 0.4) is 0 Å². The van der Waals surface area contributed by atoms with Crippen LogP contribution in [0.25, 0.3) is 10.9 Å². The van der Waals surface area contributed by atoms with Crippen LogP contribution in [-0.2, 0) is 9.59 Å². The topological polar surface area (TPSA) is 94.3 Å². The minimum Gasteiger partial charge on any atom is -0.361 e. The zero-order chi connectivity index (χ0) is 21.1. The molecular weight excluding hydrogens is 387 g/mol. The number of nitrogens with zero attached hydrogens (tertiary/aromatic N) is 1. The summed E-state index contributed by atoms with van der Waals surface area (Å²) in [5.41, 5.74) is 1.99. The number of hydrogen-bond acceptors (Lipinski definition) is 3. The van der Waals surface area contributed by atoms with Gasteiger partial charge in [-0.3, -0.25) is 14.4 Å². The Morgan fingerprint density at radius 3 is 2.63 bits per heavy atom. The first-order valence-electron chi connectivity index (χ1n) is 9.70. The Morgan fingerprint density at radius 2 is 1.83 bits per heavy atom. The van der Waals surface area contributed by atoms with Crippen LogP contribution in [0.15, 0.2) is 54.7 Å². The molecule has 2 heterocycles. The number of nitrogens with one attached hydrogen (secondary N) is 3. The van der Waals surface area contributed by atoms with Gasteiger partial charge < -0.3 is 20.5 Å². The van der Waals surface area contributed by atoms with Gasteiger partial charge >= 0.3 is 0 Å². The number of aromatic amines is 1. The van der Waals surface area contributed by atoms with E-state index in [2.05, 4.69) is 15.6 Å². The lowest BCUT2D eigenvalue weighted by Crippen LogP contribution is -2.38. The van der Waals surface area contributed by atoms with Gasteiger partial charge in [0.05, 0.1) is 5.92 Å². The summed E-state index contributed by atoms with van der Waals surface area (Å²) >= 11 is 0. The average molecular weight is 408 g/mol. The lowest BCUT2D eigenvalue weighted by Gasteiger charge is -2.16. The third kappa shape index (κ3) is 4.17. The van der Waals surface area contributed by atoms with Crippen molar-refractivity contribution in [2.45, 2.75) is 6.42 Å². The van der Waals surface area contributed by atoms with Crippen LogP contribution in [0.4, 0.5) is 10.1 Å². The Bertz CT molecular complexity index is 1090. The van der Waals surface area contributed by atoms with Crippen molar-refractivity contribution < 1.29 is 18.8 Å². The van der Waals surface area contributed by atoms with Crippen LogP contribution in [0.1, 0.15) is 16.8 Å². The predicted octanol–water partition coefficient (Wildman–Crippen LogP) is 2.21. The van der Waals surface area contributed by atoms with E-state index in [0.717, 1.165) is 10.9 Å². The van der Waals surface area contributed by atoms with Gasteiger partial charge in [0.1, 0.15) is 5.82 Å². The van der Waals surface area contributed by atoms with Gasteiger partial charge in [-0.2, -0.15) is 0 Å². The van der Waals surface area contributed by atoms with E-state index < -0.39 is 5.92 Å². The van der Waals surface area contributed by atoms with Crippen LogP contribution in [0, 0.1) is 11.7 Å². The van der Waals surface area contributed by atoms with Gasteiger partial charge in [-0.15, -0.1) is 0 Å². The molecule has 3 aromatic rings. The molecule has 2 aromatic carbocycles. The molecule has 154 valence electrons. The lowest BCUT2D eigenvalue weighted by atomic mass is 10.1. The molecule has 0 saturated carbocycles. The molecule has 0 aliphatic carbocycles. The SMILES string of the molecule is O=C(NCCNC(=O)[C@@H]1CC(=O)N(c2ccc(F)cc2)C1)c1ccc2cc[nH]c2c1. The number of benzene rings is 2. The minimum absolute atomic E-state index is 0.103. The molecule has 1 aliphatic heterocycles. The third-order valence-corrected chi connectivity index (χ3v) is 5.16. The van der Waals surface area contributed by atoms with E-state index >= 15 is 0 Å². The summed E-state index contributed by atoms with van der Waals surface area (Å²) in [4.78, 5) is 41.4. The predicted molar refractivity (Wildman–Crippen MR) is 111 cm³/mol. The third-order valence-electron chi connectivity index (χ3n) is 5.16. The van der Waals surface area contributed by atoms with Gasteiger partial charge in [0, 0.05) is 49.0 Å². The number of fused-ring (bicyclic) bond motifs is 1. The number of amides is 3. The molecule has 3 N–H and O–H groups in total. The van der Waals surface area contributed by atoms with Crippen molar-refractivity contribution in [3.63, 3.8) is 0 Å². The quantitative estimate of drug-likeness (QED) is 0.546. The molecule has 1 aromatic heterocycles. The van der Waals surface area contributed by atoms with Gasteiger partial charge in [-0.25, -0.2) is 4.39 Å². The fraction of sp³-hybridized carbons (Fsp3) is 0.227. The highest BCUT2D eigenvalue weighted by Gasteiger charge is 2.34. The van der Waals surface area contributed by atoms with Crippen LogP contribution in [0.5, 0.6) is 0 Å². The van der Waals surface area contributed by atoms with Gasteiger partial charge in [-0.05, 0) is 47.9 Å². The molecule has 1 fully saturated rings. The van der Waals surface area contributed by atoms with Crippen molar-refractivity contribution in [3.8, 4) is 0 Å². The summed E-state index contributed by atoms with van der Waals surface area (Å²) in [5, 5.41) is 6.56. The van der Waals surface area contributed by atoms with E-state index in [9.17, 15) is 18.8 Å². The number of halogens is 1. The fourth-order valence-electron chi connectivity index (χ4n) is 3.55. The molecule has 1 atom stereocenters. The van der Waals surface area contributed by atoms with Crippen molar-refractivity contribution in [1.29, 1.82) is 0 Å². The number of carbonyl (C=O) groups is 3. The molecule has 0 spiro atoms. The highest BCUT2D eigenvalue weighted by molar-refractivity contribution is 6.00. The largest absolute Gasteiger partial charge is 0.361 e. The monoisotopic (exact) mass is 408 g/mol. The van der Waals surface area contributed by atoms with Crippen LogP contribution >= 0.6 is 0 Å². The fourth-order valence-corrected chi connectivity index (χ4v) is 3.55. The number of H-pyrrole nitrogens is 1. The van der Waals surface area contributed by atoms with E-state index in [0.29, 0.717) is 11.3 Å². The van der Waals surface area contributed by atoms with Gasteiger partial charge in [0.25, 0.3) is 5.91 Å². The zero-order valence-electron chi connectivity index (χ0n) is 16.2. The molecular formula is C22H21FN4O3. The Labute approximate surface area is 172 Å². The summed E-state index contributed by atoms with van der Waals surface area (Å²) < 4.78 is 13.1. The van der Waals surface area contributed by atoms with Crippen molar-refractivity contribution in [3.05, 3.63) is 66.1 Å². The summed E-state index contributed by atoms with van der Waals surface area (Å²) in [5.74, 6) is -1.49.